The summed E-state index contributed by atoms with van der Waals surface area (Å²) < 4.78 is 6.42. The summed E-state index contributed by atoms with van der Waals surface area (Å²) in [7, 11) is 0. The van der Waals surface area contributed by atoms with Crippen molar-refractivity contribution in [1.82, 2.24) is 10.3 Å². The SMILES string of the molecule is Cc1ccnc(NCC2COCCN2)c1Br. The molecule has 1 aliphatic rings. The molecule has 2 rings (SSSR count). The van der Waals surface area contributed by atoms with Crippen molar-refractivity contribution in [1.29, 1.82) is 0 Å². The number of nitrogens with zero attached hydrogens (tertiary/aromatic N) is 1. The summed E-state index contributed by atoms with van der Waals surface area (Å²) >= 11 is 3.53. The standard InChI is InChI=1S/C11H16BrN3O/c1-8-2-3-14-11(10(8)12)15-6-9-7-16-5-4-13-9/h2-3,9,13H,4-7H2,1H3,(H,14,15). The van der Waals surface area contributed by atoms with E-state index in [0.717, 1.165) is 36.6 Å². The largest absolute Gasteiger partial charge is 0.378 e. The topological polar surface area (TPSA) is 46.2 Å². The Kier molecular flexibility index (Phi) is 4.15. The Morgan fingerprint density at radius 2 is 2.56 bits per heavy atom. The van der Waals surface area contributed by atoms with E-state index in [1.54, 1.807) is 0 Å². The molecule has 5 heteroatoms. The molecule has 1 aromatic heterocycles. The molecule has 0 saturated carbocycles. The molecule has 0 aromatic carbocycles. The van der Waals surface area contributed by atoms with Crippen molar-refractivity contribution in [3.05, 3.63) is 22.3 Å². The number of anilines is 1. The highest BCUT2D eigenvalue weighted by Gasteiger charge is 2.13. The van der Waals surface area contributed by atoms with Gasteiger partial charge in [-0.3, -0.25) is 0 Å². The summed E-state index contributed by atoms with van der Waals surface area (Å²) in [5.41, 5.74) is 1.19. The maximum Gasteiger partial charge on any atom is 0.140 e. The van der Waals surface area contributed by atoms with E-state index in [1.165, 1.54) is 5.56 Å². The lowest BCUT2D eigenvalue weighted by atomic mass is 10.2. The second kappa shape index (κ2) is 5.61. The van der Waals surface area contributed by atoms with E-state index in [4.69, 9.17) is 4.74 Å². The van der Waals surface area contributed by atoms with Gasteiger partial charge >= 0.3 is 0 Å². The monoisotopic (exact) mass is 285 g/mol. The van der Waals surface area contributed by atoms with Crippen LogP contribution in [0.2, 0.25) is 0 Å². The predicted molar refractivity (Wildman–Crippen MR) is 67.8 cm³/mol. The molecule has 16 heavy (non-hydrogen) atoms. The van der Waals surface area contributed by atoms with Gasteiger partial charge in [0.2, 0.25) is 0 Å². The van der Waals surface area contributed by atoms with Crippen molar-refractivity contribution in [2.45, 2.75) is 13.0 Å². The van der Waals surface area contributed by atoms with Gasteiger partial charge in [-0.05, 0) is 34.5 Å². The lowest BCUT2D eigenvalue weighted by Gasteiger charge is -2.24. The highest BCUT2D eigenvalue weighted by atomic mass is 79.9. The van der Waals surface area contributed by atoms with E-state index in [0.29, 0.717) is 6.04 Å². The van der Waals surface area contributed by atoms with Crippen molar-refractivity contribution < 1.29 is 4.74 Å². The normalized spacial score (nSPS) is 20.8. The molecule has 1 unspecified atom stereocenters. The Hall–Kier alpha value is -0.650. The van der Waals surface area contributed by atoms with E-state index in [1.807, 2.05) is 12.3 Å². The van der Waals surface area contributed by atoms with Crippen LogP contribution in [-0.4, -0.2) is 37.3 Å². The second-order valence-electron chi connectivity index (χ2n) is 3.90. The minimum atomic E-state index is 0.364. The summed E-state index contributed by atoms with van der Waals surface area (Å²) in [6.07, 6.45) is 1.81. The first-order valence-corrected chi connectivity index (χ1v) is 6.23. The Morgan fingerprint density at radius 1 is 1.69 bits per heavy atom. The summed E-state index contributed by atoms with van der Waals surface area (Å²) in [5, 5.41) is 6.72. The lowest BCUT2D eigenvalue weighted by molar-refractivity contribution is 0.0806. The third kappa shape index (κ3) is 2.93. The minimum Gasteiger partial charge on any atom is -0.378 e. The third-order valence-electron chi connectivity index (χ3n) is 2.60. The zero-order valence-electron chi connectivity index (χ0n) is 9.29. The number of hydrogen-bond acceptors (Lipinski definition) is 4. The fourth-order valence-corrected chi connectivity index (χ4v) is 2.01. The van der Waals surface area contributed by atoms with E-state index in [2.05, 4.69) is 38.5 Å². The lowest BCUT2D eigenvalue weighted by Crippen LogP contribution is -2.45. The van der Waals surface area contributed by atoms with E-state index < -0.39 is 0 Å². The minimum absolute atomic E-state index is 0.364. The number of halogens is 1. The predicted octanol–water partition coefficient (Wildman–Crippen LogP) is 1.55. The van der Waals surface area contributed by atoms with E-state index in [-0.39, 0.29) is 0 Å². The van der Waals surface area contributed by atoms with Crippen LogP contribution in [0.5, 0.6) is 0 Å². The zero-order valence-corrected chi connectivity index (χ0v) is 10.9. The Bertz CT molecular complexity index is 353. The highest BCUT2D eigenvalue weighted by Crippen LogP contribution is 2.23. The van der Waals surface area contributed by atoms with Gasteiger partial charge in [-0.25, -0.2) is 4.98 Å². The van der Waals surface area contributed by atoms with Gasteiger partial charge in [-0.15, -0.1) is 0 Å². The van der Waals surface area contributed by atoms with Crippen molar-refractivity contribution in [3.63, 3.8) is 0 Å². The van der Waals surface area contributed by atoms with Gasteiger partial charge in [0.25, 0.3) is 0 Å². The fourth-order valence-electron chi connectivity index (χ4n) is 1.63. The molecule has 0 amide bonds. The first kappa shape index (κ1) is 11.8. The number of nitrogens with one attached hydrogen (secondary N) is 2. The first-order valence-electron chi connectivity index (χ1n) is 5.43. The van der Waals surface area contributed by atoms with Gasteiger partial charge in [0.05, 0.1) is 17.7 Å². The molecule has 0 radical (unpaired) electrons. The molecular weight excluding hydrogens is 270 g/mol. The average molecular weight is 286 g/mol. The first-order chi connectivity index (χ1) is 7.77. The van der Waals surface area contributed by atoms with Gasteiger partial charge in [0.15, 0.2) is 0 Å². The maximum atomic E-state index is 5.39. The Balaban J connectivity index is 1.91. The van der Waals surface area contributed by atoms with Crippen molar-refractivity contribution in [3.8, 4) is 0 Å². The molecular formula is C11H16BrN3O. The van der Waals surface area contributed by atoms with Crippen LogP contribution in [0.25, 0.3) is 0 Å². The molecule has 4 nitrogen and oxygen atoms in total. The Labute approximate surface area is 104 Å². The van der Waals surface area contributed by atoms with Gasteiger partial charge in [-0.1, -0.05) is 0 Å². The van der Waals surface area contributed by atoms with Crippen molar-refractivity contribution in [2.75, 3.05) is 31.6 Å². The molecule has 1 atom stereocenters. The van der Waals surface area contributed by atoms with Crippen LogP contribution in [0.1, 0.15) is 5.56 Å². The number of ether oxygens (including phenoxy) is 1. The molecule has 1 fully saturated rings. The number of pyridine rings is 1. The van der Waals surface area contributed by atoms with Crippen LogP contribution < -0.4 is 10.6 Å². The van der Waals surface area contributed by atoms with Gasteiger partial charge in [0, 0.05) is 25.3 Å². The molecule has 2 heterocycles. The van der Waals surface area contributed by atoms with Crippen LogP contribution in [0.3, 0.4) is 0 Å². The molecule has 0 aliphatic carbocycles. The van der Waals surface area contributed by atoms with Crippen LogP contribution >= 0.6 is 15.9 Å². The maximum absolute atomic E-state index is 5.39. The summed E-state index contributed by atoms with van der Waals surface area (Å²) in [4.78, 5) is 4.30. The molecule has 0 spiro atoms. The van der Waals surface area contributed by atoms with Gasteiger partial charge in [-0.2, -0.15) is 0 Å². The van der Waals surface area contributed by atoms with Crippen LogP contribution in [-0.2, 0) is 4.74 Å². The summed E-state index contributed by atoms with van der Waals surface area (Å²) in [6.45, 7) is 5.38. The van der Waals surface area contributed by atoms with Crippen molar-refractivity contribution in [2.24, 2.45) is 0 Å². The number of morpholine rings is 1. The number of aryl methyl sites for hydroxylation is 1. The quantitative estimate of drug-likeness (QED) is 0.885. The average Bonchev–Trinajstić information content (AvgIpc) is 2.32. The van der Waals surface area contributed by atoms with Crippen molar-refractivity contribution >= 4 is 21.7 Å². The van der Waals surface area contributed by atoms with Crippen LogP contribution in [0, 0.1) is 6.92 Å². The summed E-state index contributed by atoms with van der Waals surface area (Å²) in [6, 6.07) is 2.35. The van der Waals surface area contributed by atoms with E-state index >= 15 is 0 Å². The summed E-state index contributed by atoms with van der Waals surface area (Å²) in [5.74, 6) is 0.896. The van der Waals surface area contributed by atoms with Gasteiger partial charge < -0.3 is 15.4 Å². The third-order valence-corrected chi connectivity index (χ3v) is 3.60. The van der Waals surface area contributed by atoms with Crippen LogP contribution in [0.4, 0.5) is 5.82 Å². The molecule has 88 valence electrons. The van der Waals surface area contributed by atoms with Gasteiger partial charge in [0.1, 0.15) is 5.82 Å². The number of aromatic nitrogens is 1. The number of rotatable bonds is 3. The second-order valence-corrected chi connectivity index (χ2v) is 4.69. The molecule has 2 N–H and O–H groups in total. The zero-order chi connectivity index (χ0) is 11.4. The molecule has 1 aliphatic heterocycles. The number of hydrogen-bond donors (Lipinski definition) is 2. The molecule has 1 aromatic rings. The van der Waals surface area contributed by atoms with Crippen LogP contribution in [0.15, 0.2) is 16.7 Å². The highest BCUT2D eigenvalue weighted by molar-refractivity contribution is 9.10. The molecule has 1 saturated heterocycles. The van der Waals surface area contributed by atoms with E-state index in [9.17, 15) is 0 Å². The molecule has 0 bridgehead atoms. The smallest absolute Gasteiger partial charge is 0.140 e. The fraction of sp³-hybridized carbons (Fsp3) is 0.545. The Morgan fingerprint density at radius 3 is 3.31 bits per heavy atom.